The summed E-state index contributed by atoms with van der Waals surface area (Å²) >= 11 is 0. The van der Waals surface area contributed by atoms with Crippen LogP contribution >= 0.6 is 0 Å². The average molecular weight is 333 g/mol. The monoisotopic (exact) mass is 332 g/mol. The summed E-state index contributed by atoms with van der Waals surface area (Å²) in [4.78, 5) is 11.9. The highest BCUT2D eigenvalue weighted by Gasteiger charge is 2.04. The average Bonchev–Trinajstić information content (AvgIpc) is 2.56. The van der Waals surface area contributed by atoms with Crippen LogP contribution in [0.15, 0.2) is 18.2 Å². The molecule has 0 heterocycles. The van der Waals surface area contributed by atoms with Gasteiger partial charge < -0.3 is 5.32 Å². The molecule has 0 aromatic heterocycles. The smallest absolute Gasteiger partial charge is 0.224 e. The molecule has 1 radical (unpaired) electrons. The molecule has 135 valence electrons. The molecule has 3 nitrogen and oxygen atoms in total. The highest BCUT2D eigenvalue weighted by atomic mass is 16.3. The Balaban J connectivity index is 1.97. The third-order valence-corrected chi connectivity index (χ3v) is 4.47. The van der Waals surface area contributed by atoms with Crippen LogP contribution in [0.25, 0.3) is 0 Å². The zero-order valence-corrected chi connectivity index (χ0v) is 15.5. The predicted octanol–water partition coefficient (Wildman–Crippen LogP) is 6.78. The Morgan fingerprint density at radius 2 is 1.42 bits per heavy atom. The minimum absolute atomic E-state index is 0.0124. The van der Waals surface area contributed by atoms with E-state index in [1.807, 2.05) is 0 Å². The third kappa shape index (κ3) is 9.59. The topological polar surface area (TPSA) is 49.0 Å². The Morgan fingerprint density at radius 3 is 1.96 bits per heavy atom. The molecule has 0 saturated heterocycles. The minimum atomic E-state index is 0.0124. The Morgan fingerprint density at radius 1 is 0.875 bits per heavy atom. The summed E-state index contributed by atoms with van der Waals surface area (Å²) in [7, 11) is 0. The molecule has 0 aliphatic rings. The summed E-state index contributed by atoms with van der Waals surface area (Å²) < 4.78 is 0. The van der Waals surface area contributed by atoms with Crippen LogP contribution in [0.4, 0.5) is 5.69 Å². The summed E-state index contributed by atoms with van der Waals surface area (Å²) in [6.45, 7) is 4.02. The third-order valence-electron chi connectivity index (χ3n) is 4.47. The molecule has 24 heavy (non-hydrogen) atoms. The lowest BCUT2D eigenvalue weighted by Crippen LogP contribution is -2.11. The van der Waals surface area contributed by atoms with Crippen LogP contribution in [0.3, 0.4) is 0 Å². The number of rotatable bonds is 13. The van der Waals surface area contributed by atoms with Crippen LogP contribution in [0.1, 0.15) is 89.5 Å². The molecule has 1 rings (SSSR count). The lowest BCUT2D eigenvalue weighted by atomic mass is 10.1. The predicted molar refractivity (Wildman–Crippen MR) is 101 cm³/mol. The fraction of sp³-hybridized carbons (Fsp3) is 0.667. The number of hydrogen-bond acceptors (Lipinski definition) is 1. The Labute approximate surface area is 147 Å². The lowest BCUT2D eigenvalue weighted by molar-refractivity contribution is -0.116. The second-order valence-electron chi connectivity index (χ2n) is 6.81. The van der Waals surface area contributed by atoms with Gasteiger partial charge in [-0.15, -0.1) is 0 Å². The van der Waals surface area contributed by atoms with Gasteiger partial charge in [0.1, 0.15) is 0 Å². The van der Waals surface area contributed by atoms with Gasteiger partial charge in [-0.05, 0) is 37.1 Å². The van der Waals surface area contributed by atoms with Crippen molar-refractivity contribution in [1.82, 2.24) is 0 Å². The summed E-state index contributed by atoms with van der Waals surface area (Å²) in [6, 6.07) is 4.92. The number of benzene rings is 1. The van der Waals surface area contributed by atoms with Gasteiger partial charge in [0, 0.05) is 12.1 Å². The molecular weight excluding hydrogens is 298 g/mol. The molecule has 0 atom stereocenters. The van der Waals surface area contributed by atoms with Crippen LogP contribution in [0, 0.1) is 6.92 Å². The first-order valence-electron chi connectivity index (χ1n) is 9.71. The van der Waals surface area contributed by atoms with Crippen molar-refractivity contribution in [3.8, 4) is 5.75 Å². The van der Waals surface area contributed by atoms with Gasteiger partial charge in [-0.2, -0.15) is 0 Å². The Hall–Kier alpha value is -1.51. The highest BCUT2D eigenvalue weighted by Crippen LogP contribution is 2.21. The van der Waals surface area contributed by atoms with Gasteiger partial charge in [-0.3, -0.25) is 9.90 Å². The van der Waals surface area contributed by atoms with Gasteiger partial charge in [0.2, 0.25) is 5.91 Å². The maximum atomic E-state index is 11.9. The van der Waals surface area contributed by atoms with Crippen molar-refractivity contribution in [3.63, 3.8) is 0 Å². The van der Waals surface area contributed by atoms with E-state index in [4.69, 9.17) is 0 Å². The van der Waals surface area contributed by atoms with E-state index in [9.17, 15) is 9.90 Å². The van der Waals surface area contributed by atoms with Crippen LogP contribution < -0.4 is 5.32 Å². The molecule has 1 aromatic rings. The number of unbranched alkanes of at least 4 members (excludes halogenated alkanes) is 10. The standard InChI is InChI=1S/C21H34NO2/c1-3-4-5-6-7-8-9-10-11-12-13-14-21(24)22-19-15-16-20(23)18(2)17-19/h15-17H,3-14H2,1-2H3,(H,22,24). The van der Waals surface area contributed by atoms with Gasteiger partial charge in [-0.1, -0.05) is 71.1 Å². The van der Waals surface area contributed by atoms with Crippen LogP contribution in [0.2, 0.25) is 0 Å². The van der Waals surface area contributed by atoms with Gasteiger partial charge in [0.15, 0.2) is 5.75 Å². The van der Waals surface area contributed by atoms with Gasteiger partial charge in [0.25, 0.3) is 0 Å². The number of carbonyl (C=O) groups excluding carboxylic acids is 1. The fourth-order valence-corrected chi connectivity index (χ4v) is 2.90. The Bertz CT molecular complexity index is 471. The SMILES string of the molecule is CCCCCCCCCCCCCC(=O)Nc1ccc([O])c(C)c1. The number of hydrogen-bond donors (Lipinski definition) is 1. The fourth-order valence-electron chi connectivity index (χ4n) is 2.90. The van der Waals surface area contributed by atoms with Crippen molar-refractivity contribution in [2.24, 2.45) is 0 Å². The number of nitrogens with one attached hydrogen (secondary N) is 1. The van der Waals surface area contributed by atoms with Crippen molar-refractivity contribution in [2.75, 3.05) is 5.32 Å². The van der Waals surface area contributed by atoms with Crippen molar-refractivity contribution >= 4 is 11.6 Å². The summed E-state index contributed by atoms with van der Waals surface area (Å²) in [6.07, 6.45) is 14.7. The maximum Gasteiger partial charge on any atom is 0.224 e. The molecule has 1 aromatic carbocycles. The molecule has 0 unspecified atom stereocenters. The largest absolute Gasteiger partial charge is 0.326 e. The van der Waals surface area contributed by atoms with Crippen LogP contribution in [-0.2, 0) is 9.90 Å². The molecule has 3 heteroatoms. The summed E-state index contributed by atoms with van der Waals surface area (Å²) in [5.41, 5.74) is 1.39. The second-order valence-corrected chi connectivity index (χ2v) is 6.81. The van der Waals surface area contributed by atoms with Gasteiger partial charge in [-0.25, -0.2) is 0 Å². The van der Waals surface area contributed by atoms with Crippen molar-refractivity contribution in [2.45, 2.75) is 90.9 Å². The van der Waals surface area contributed by atoms with Crippen LogP contribution in [-0.4, -0.2) is 5.91 Å². The van der Waals surface area contributed by atoms with E-state index in [0.29, 0.717) is 12.0 Å². The number of amides is 1. The quantitative estimate of drug-likeness (QED) is 0.398. The van der Waals surface area contributed by atoms with E-state index in [1.165, 1.54) is 63.9 Å². The number of carbonyl (C=O) groups is 1. The van der Waals surface area contributed by atoms with Gasteiger partial charge in [0.05, 0.1) is 0 Å². The van der Waals surface area contributed by atoms with Crippen molar-refractivity contribution < 1.29 is 9.90 Å². The first-order valence-corrected chi connectivity index (χ1v) is 9.71. The molecule has 0 saturated carbocycles. The number of aryl methyl sites for hydroxylation is 1. The van der Waals surface area contributed by atoms with E-state index in [0.717, 1.165) is 18.5 Å². The zero-order valence-electron chi connectivity index (χ0n) is 15.5. The molecule has 0 aliphatic heterocycles. The van der Waals surface area contributed by atoms with E-state index in [2.05, 4.69) is 12.2 Å². The zero-order chi connectivity index (χ0) is 17.6. The number of anilines is 1. The summed E-state index contributed by atoms with van der Waals surface area (Å²) in [5, 5.41) is 14.2. The normalized spacial score (nSPS) is 10.8. The van der Waals surface area contributed by atoms with E-state index in [-0.39, 0.29) is 11.7 Å². The molecule has 0 spiro atoms. The highest BCUT2D eigenvalue weighted by molar-refractivity contribution is 5.90. The first kappa shape index (κ1) is 20.5. The van der Waals surface area contributed by atoms with Crippen molar-refractivity contribution in [3.05, 3.63) is 23.8 Å². The molecule has 1 amide bonds. The molecule has 1 N–H and O–H groups in total. The van der Waals surface area contributed by atoms with Crippen LogP contribution in [0.5, 0.6) is 5.75 Å². The summed E-state index contributed by atoms with van der Waals surface area (Å²) in [5.74, 6) is 0.0577. The van der Waals surface area contributed by atoms with Gasteiger partial charge >= 0.3 is 0 Å². The molecule has 0 fully saturated rings. The van der Waals surface area contributed by atoms with E-state index >= 15 is 0 Å². The van der Waals surface area contributed by atoms with E-state index < -0.39 is 0 Å². The Kier molecular flexibility index (Phi) is 11.0. The van der Waals surface area contributed by atoms with E-state index in [1.54, 1.807) is 19.1 Å². The minimum Gasteiger partial charge on any atom is -0.326 e. The second kappa shape index (κ2) is 12.9. The molecule has 0 bridgehead atoms. The molecular formula is C21H34NO2. The van der Waals surface area contributed by atoms with Crippen molar-refractivity contribution in [1.29, 1.82) is 0 Å². The lowest BCUT2D eigenvalue weighted by Gasteiger charge is -2.06. The molecule has 0 aliphatic carbocycles. The first-order chi connectivity index (χ1) is 11.6. The maximum absolute atomic E-state index is 11.9.